The Balaban J connectivity index is 2.36. The molecule has 2 aromatic rings. The fourth-order valence-corrected chi connectivity index (χ4v) is 1.77. The Morgan fingerprint density at radius 2 is 1.80 bits per heavy atom. The van der Waals surface area contributed by atoms with E-state index in [0.717, 1.165) is 18.3 Å². The highest BCUT2D eigenvalue weighted by Crippen LogP contribution is 2.29. The molecule has 0 saturated heterocycles. The maximum atomic E-state index is 14.0. The molecule has 20 heavy (non-hydrogen) atoms. The number of rotatable bonds is 4. The Hall–Kier alpha value is -2.50. The maximum Gasteiger partial charge on any atom is 0.337 e. The molecule has 0 spiro atoms. The van der Waals surface area contributed by atoms with Crippen molar-refractivity contribution in [2.75, 3.05) is 0 Å². The van der Waals surface area contributed by atoms with Crippen LogP contribution in [0.15, 0.2) is 53.5 Å². The van der Waals surface area contributed by atoms with Crippen molar-refractivity contribution in [2.24, 2.45) is 0 Å². The van der Waals surface area contributed by atoms with Gasteiger partial charge in [0.1, 0.15) is 0 Å². The number of benzene rings is 1. The zero-order valence-corrected chi connectivity index (χ0v) is 10.3. The van der Waals surface area contributed by atoms with Crippen molar-refractivity contribution in [1.29, 1.82) is 0 Å². The van der Waals surface area contributed by atoms with Crippen LogP contribution in [0.5, 0.6) is 0 Å². The Morgan fingerprint density at radius 3 is 2.40 bits per heavy atom. The minimum Gasteiger partial charge on any atom is -0.478 e. The van der Waals surface area contributed by atoms with Gasteiger partial charge < -0.3 is 9.67 Å². The van der Waals surface area contributed by atoms with Gasteiger partial charge in [-0.1, -0.05) is 30.3 Å². The molecule has 1 N–H and O–H groups in total. The van der Waals surface area contributed by atoms with Crippen molar-refractivity contribution in [3.05, 3.63) is 70.1 Å². The Labute approximate surface area is 112 Å². The summed E-state index contributed by atoms with van der Waals surface area (Å²) in [5.41, 5.74) is -1.12. The van der Waals surface area contributed by atoms with Gasteiger partial charge in [-0.05, 0) is 6.07 Å². The van der Waals surface area contributed by atoms with Gasteiger partial charge in [0.15, 0.2) is 0 Å². The summed E-state index contributed by atoms with van der Waals surface area (Å²) >= 11 is 0. The molecule has 0 bridgehead atoms. The molecule has 0 aliphatic carbocycles. The second-order valence-electron chi connectivity index (χ2n) is 4.26. The van der Waals surface area contributed by atoms with E-state index in [1.165, 1.54) is 24.3 Å². The van der Waals surface area contributed by atoms with Crippen LogP contribution in [0.25, 0.3) is 0 Å². The fourth-order valence-electron chi connectivity index (χ4n) is 1.77. The van der Waals surface area contributed by atoms with Gasteiger partial charge in [0.05, 0.1) is 12.1 Å². The number of alkyl halides is 2. The third-order valence-corrected chi connectivity index (χ3v) is 2.80. The maximum absolute atomic E-state index is 14.0. The van der Waals surface area contributed by atoms with Gasteiger partial charge in [0.2, 0.25) is 0 Å². The first-order valence-corrected chi connectivity index (χ1v) is 5.77. The molecule has 0 amide bonds. The molecule has 0 fully saturated rings. The number of aromatic nitrogens is 1. The van der Waals surface area contributed by atoms with Crippen molar-refractivity contribution in [3.8, 4) is 0 Å². The van der Waals surface area contributed by atoms with Gasteiger partial charge in [0, 0.05) is 17.8 Å². The quantitative estimate of drug-likeness (QED) is 0.934. The standard InChI is InChI=1S/C14H11F2NO3/c15-14(16,11-4-2-1-3-5-11)9-17-8-10(13(19)20)6-7-12(17)18/h1-8H,9H2,(H,19,20). The molecule has 2 rings (SSSR count). The molecular formula is C14H11F2NO3. The summed E-state index contributed by atoms with van der Waals surface area (Å²) < 4.78 is 28.8. The Morgan fingerprint density at radius 1 is 1.15 bits per heavy atom. The molecule has 0 aliphatic heterocycles. The largest absolute Gasteiger partial charge is 0.478 e. The highest BCUT2D eigenvalue weighted by atomic mass is 19.3. The van der Waals surface area contributed by atoms with E-state index in [9.17, 15) is 18.4 Å². The van der Waals surface area contributed by atoms with Crippen molar-refractivity contribution in [1.82, 2.24) is 4.57 Å². The second-order valence-corrected chi connectivity index (χ2v) is 4.26. The first kappa shape index (κ1) is 13.9. The summed E-state index contributed by atoms with van der Waals surface area (Å²) in [5, 5.41) is 8.81. The average Bonchev–Trinajstić information content (AvgIpc) is 2.42. The van der Waals surface area contributed by atoms with Crippen molar-refractivity contribution >= 4 is 5.97 Å². The smallest absolute Gasteiger partial charge is 0.337 e. The van der Waals surface area contributed by atoms with E-state index in [4.69, 9.17) is 5.11 Å². The van der Waals surface area contributed by atoms with Crippen molar-refractivity contribution < 1.29 is 18.7 Å². The lowest BCUT2D eigenvalue weighted by molar-refractivity contribution is -0.0232. The van der Waals surface area contributed by atoms with Crippen LogP contribution in [0.4, 0.5) is 8.78 Å². The third kappa shape index (κ3) is 2.90. The van der Waals surface area contributed by atoms with Crippen LogP contribution in [-0.4, -0.2) is 15.6 Å². The summed E-state index contributed by atoms with van der Waals surface area (Å²) in [6.45, 7) is -0.906. The first-order chi connectivity index (χ1) is 9.40. The SMILES string of the molecule is O=C(O)c1ccc(=O)n(CC(F)(F)c2ccccc2)c1. The van der Waals surface area contributed by atoms with Crippen LogP contribution in [0.2, 0.25) is 0 Å². The topological polar surface area (TPSA) is 59.3 Å². The predicted molar refractivity (Wildman–Crippen MR) is 68.0 cm³/mol. The average molecular weight is 279 g/mol. The molecule has 1 heterocycles. The number of hydrogen-bond donors (Lipinski definition) is 1. The molecule has 0 saturated carbocycles. The lowest BCUT2D eigenvalue weighted by Crippen LogP contribution is -2.29. The molecule has 1 aromatic heterocycles. The first-order valence-electron chi connectivity index (χ1n) is 5.77. The number of aromatic carboxylic acids is 1. The fraction of sp³-hybridized carbons (Fsp3) is 0.143. The lowest BCUT2D eigenvalue weighted by atomic mass is 10.1. The predicted octanol–water partition coefficient (Wildman–Crippen LogP) is 2.34. The number of carbonyl (C=O) groups is 1. The second kappa shape index (κ2) is 5.24. The lowest BCUT2D eigenvalue weighted by Gasteiger charge is -2.18. The minimum atomic E-state index is -3.26. The van der Waals surface area contributed by atoms with Crippen LogP contribution in [0.3, 0.4) is 0 Å². The van der Waals surface area contributed by atoms with Gasteiger partial charge >= 0.3 is 5.97 Å². The van der Waals surface area contributed by atoms with Gasteiger partial charge in [-0.15, -0.1) is 0 Å². The van der Waals surface area contributed by atoms with E-state index in [0.29, 0.717) is 4.57 Å². The minimum absolute atomic E-state index is 0.214. The van der Waals surface area contributed by atoms with Crippen LogP contribution in [0.1, 0.15) is 15.9 Å². The monoisotopic (exact) mass is 279 g/mol. The van der Waals surface area contributed by atoms with Crippen LogP contribution < -0.4 is 5.56 Å². The van der Waals surface area contributed by atoms with Crippen molar-refractivity contribution in [3.63, 3.8) is 0 Å². The Bertz CT molecular complexity index is 680. The number of nitrogens with zero attached hydrogens (tertiary/aromatic N) is 1. The zero-order chi connectivity index (χ0) is 14.8. The number of hydrogen-bond acceptors (Lipinski definition) is 2. The third-order valence-electron chi connectivity index (χ3n) is 2.80. The summed E-state index contributed by atoms with van der Waals surface area (Å²) in [5.74, 6) is -4.54. The zero-order valence-electron chi connectivity index (χ0n) is 10.3. The van der Waals surface area contributed by atoms with E-state index in [1.807, 2.05) is 0 Å². The highest BCUT2D eigenvalue weighted by molar-refractivity contribution is 5.87. The summed E-state index contributed by atoms with van der Waals surface area (Å²) in [6.07, 6.45) is 0.918. The van der Waals surface area contributed by atoms with Gasteiger partial charge in [-0.2, -0.15) is 8.78 Å². The molecule has 0 unspecified atom stereocenters. The molecule has 0 atom stereocenters. The van der Waals surface area contributed by atoms with Crippen molar-refractivity contribution in [2.45, 2.75) is 12.5 Å². The normalized spacial score (nSPS) is 11.3. The number of halogens is 2. The molecule has 4 nitrogen and oxygen atoms in total. The number of pyridine rings is 1. The van der Waals surface area contributed by atoms with E-state index >= 15 is 0 Å². The van der Waals surface area contributed by atoms with E-state index in [-0.39, 0.29) is 11.1 Å². The molecule has 1 aromatic carbocycles. The van der Waals surface area contributed by atoms with Crippen LogP contribution in [0, 0.1) is 0 Å². The van der Waals surface area contributed by atoms with E-state index in [1.54, 1.807) is 6.07 Å². The summed E-state index contributed by atoms with van der Waals surface area (Å²) in [6, 6.07) is 9.11. The Kier molecular flexibility index (Phi) is 3.65. The molecule has 6 heteroatoms. The molecular weight excluding hydrogens is 268 g/mol. The van der Waals surface area contributed by atoms with Crippen LogP contribution >= 0.6 is 0 Å². The highest BCUT2D eigenvalue weighted by Gasteiger charge is 2.32. The molecule has 0 radical (unpaired) electrons. The van der Waals surface area contributed by atoms with Crippen LogP contribution in [-0.2, 0) is 12.5 Å². The number of carboxylic acid groups (broad SMARTS) is 1. The molecule has 104 valence electrons. The van der Waals surface area contributed by atoms with E-state index < -0.39 is 24.0 Å². The summed E-state index contributed by atoms with van der Waals surface area (Å²) in [7, 11) is 0. The van der Waals surface area contributed by atoms with Gasteiger partial charge in [-0.25, -0.2) is 4.79 Å². The van der Waals surface area contributed by atoms with E-state index in [2.05, 4.69) is 0 Å². The van der Waals surface area contributed by atoms with Gasteiger partial charge in [-0.3, -0.25) is 4.79 Å². The number of carboxylic acids is 1. The van der Waals surface area contributed by atoms with Gasteiger partial charge in [0.25, 0.3) is 11.5 Å². The molecule has 0 aliphatic rings. The summed E-state index contributed by atoms with van der Waals surface area (Å²) in [4.78, 5) is 22.3.